The molecule has 1 atom stereocenters. The van der Waals surface area contributed by atoms with Crippen molar-refractivity contribution in [2.75, 3.05) is 6.61 Å². The molecule has 1 aliphatic heterocycles. The van der Waals surface area contributed by atoms with Gasteiger partial charge < -0.3 is 4.74 Å². The van der Waals surface area contributed by atoms with E-state index in [1.807, 2.05) is 0 Å². The highest BCUT2D eigenvalue weighted by molar-refractivity contribution is 5.83. The van der Waals surface area contributed by atoms with Crippen LogP contribution in [0.25, 0.3) is 0 Å². The Hall–Kier alpha value is -0.580. The van der Waals surface area contributed by atoms with Crippen molar-refractivity contribution >= 4 is 5.78 Å². The first-order valence-corrected chi connectivity index (χ1v) is 8.14. The first kappa shape index (κ1) is 15.3. The normalized spacial score (nSPS) is 36.2. The lowest BCUT2D eigenvalue weighted by atomic mass is 9.68. The van der Waals surface area contributed by atoms with Crippen LogP contribution in [-0.4, -0.2) is 24.2 Å². The molecule has 1 heterocycles. The monoisotopic (exact) mass is 304 g/mol. The van der Waals surface area contributed by atoms with Crippen LogP contribution in [-0.2, 0) is 9.53 Å². The van der Waals surface area contributed by atoms with Crippen molar-refractivity contribution in [2.45, 2.75) is 69.6 Å². The van der Waals surface area contributed by atoms with Crippen molar-refractivity contribution in [1.29, 1.82) is 0 Å². The van der Waals surface area contributed by atoms with E-state index >= 15 is 0 Å². The van der Waals surface area contributed by atoms with Gasteiger partial charge in [-0.1, -0.05) is 0 Å². The van der Waals surface area contributed by atoms with Crippen molar-refractivity contribution in [3.8, 4) is 0 Å². The summed E-state index contributed by atoms with van der Waals surface area (Å²) in [6.07, 6.45) is 1.75. The van der Waals surface area contributed by atoms with Gasteiger partial charge >= 0.3 is 6.18 Å². The van der Waals surface area contributed by atoms with E-state index in [2.05, 4.69) is 0 Å². The molecule has 3 fully saturated rings. The van der Waals surface area contributed by atoms with Crippen LogP contribution in [0, 0.1) is 17.8 Å². The molecule has 0 amide bonds. The van der Waals surface area contributed by atoms with Crippen molar-refractivity contribution in [1.82, 2.24) is 0 Å². The molecule has 5 heteroatoms. The Balaban J connectivity index is 1.54. The zero-order chi connectivity index (χ0) is 15.1. The molecule has 0 aromatic carbocycles. The molecule has 1 unspecified atom stereocenters. The fourth-order valence-electron chi connectivity index (χ4n) is 4.23. The summed E-state index contributed by atoms with van der Waals surface area (Å²) in [4.78, 5) is 12.6. The van der Waals surface area contributed by atoms with Crippen molar-refractivity contribution < 1.29 is 22.7 Å². The molecular formula is C16H23F3O2. The molecule has 3 rings (SSSR count). The van der Waals surface area contributed by atoms with Crippen LogP contribution in [0.3, 0.4) is 0 Å². The van der Waals surface area contributed by atoms with Crippen LogP contribution < -0.4 is 0 Å². The van der Waals surface area contributed by atoms with E-state index < -0.39 is 12.1 Å². The fraction of sp³-hybridized carbons (Fsp3) is 0.938. The lowest BCUT2D eigenvalue weighted by molar-refractivity contribution is -0.185. The molecule has 0 N–H and O–H groups in total. The number of carbonyl (C=O) groups excluding carboxylic acids is 1. The van der Waals surface area contributed by atoms with Gasteiger partial charge in [0.15, 0.2) is 0 Å². The van der Waals surface area contributed by atoms with Gasteiger partial charge in [0, 0.05) is 18.4 Å². The lowest BCUT2D eigenvalue weighted by Gasteiger charge is -2.47. The second kappa shape index (κ2) is 5.56. The molecule has 2 nitrogen and oxygen atoms in total. The van der Waals surface area contributed by atoms with Crippen LogP contribution >= 0.6 is 0 Å². The van der Waals surface area contributed by atoms with Crippen LogP contribution in [0.5, 0.6) is 0 Å². The van der Waals surface area contributed by atoms with Gasteiger partial charge in [-0.2, -0.15) is 13.2 Å². The van der Waals surface area contributed by atoms with E-state index in [0.717, 1.165) is 32.1 Å². The Bertz CT molecular complexity index is 393. The molecule has 0 aromatic heterocycles. The van der Waals surface area contributed by atoms with Gasteiger partial charge in [0.1, 0.15) is 5.78 Å². The zero-order valence-corrected chi connectivity index (χ0v) is 12.3. The Morgan fingerprint density at radius 3 is 2.19 bits per heavy atom. The number of alkyl halides is 3. The summed E-state index contributed by atoms with van der Waals surface area (Å²) in [5.41, 5.74) is -0.0677. The molecule has 1 spiro atoms. The number of hydrogen-bond donors (Lipinski definition) is 0. The van der Waals surface area contributed by atoms with Crippen molar-refractivity contribution in [3.63, 3.8) is 0 Å². The van der Waals surface area contributed by atoms with Crippen LogP contribution in [0.15, 0.2) is 0 Å². The number of Topliss-reactive ketones (excluding diaryl/α,β-unsaturated/α-hetero) is 1. The van der Waals surface area contributed by atoms with Crippen molar-refractivity contribution in [3.05, 3.63) is 0 Å². The predicted octanol–water partition coefficient (Wildman–Crippen LogP) is 4.27. The maximum Gasteiger partial charge on any atom is 0.391 e. The molecule has 0 bridgehead atoms. The standard InChI is InChI=1S/C16H23F3O2/c17-16(18,19)13-4-2-11(3-5-13)14(20)12-6-9-21-15(10-12)7-1-8-15/h11-13H,1-10H2. The predicted molar refractivity (Wildman–Crippen MR) is 71.8 cm³/mol. The number of hydrogen-bond acceptors (Lipinski definition) is 2. The first-order chi connectivity index (χ1) is 9.90. The molecule has 3 aliphatic rings. The topological polar surface area (TPSA) is 26.3 Å². The van der Waals surface area contributed by atoms with E-state index in [1.165, 1.54) is 0 Å². The van der Waals surface area contributed by atoms with Gasteiger partial charge in [0.25, 0.3) is 0 Å². The maximum atomic E-state index is 12.7. The third-order valence-electron chi connectivity index (χ3n) is 5.75. The van der Waals surface area contributed by atoms with Crippen molar-refractivity contribution in [2.24, 2.45) is 17.8 Å². The van der Waals surface area contributed by atoms with E-state index in [1.54, 1.807) is 0 Å². The summed E-state index contributed by atoms with van der Waals surface area (Å²) >= 11 is 0. The van der Waals surface area contributed by atoms with Gasteiger partial charge in [0.05, 0.1) is 11.5 Å². The molecule has 1 saturated heterocycles. The van der Waals surface area contributed by atoms with E-state index in [4.69, 9.17) is 4.74 Å². The van der Waals surface area contributed by atoms with Crippen LogP contribution in [0.2, 0.25) is 0 Å². The number of ketones is 1. The Kier molecular flexibility index (Phi) is 4.06. The minimum Gasteiger partial charge on any atom is -0.375 e. The summed E-state index contributed by atoms with van der Waals surface area (Å²) in [6.45, 7) is 0.633. The molecule has 2 saturated carbocycles. The lowest BCUT2D eigenvalue weighted by Crippen LogP contribution is -2.48. The molecule has 21 heavy (non-hydrogen) atoms. The summed E-state index contributed by atoms with van der Waals surface area (Å²) in [5, 5.41) is 0. The smallest absolute Gasteiger partial charge is 0.375 e. The summed E-state index contributed by atoms with van der Waals surface area (Å²) in [7, 11) is 0. The van der Waals surface area contributed by atoms with Gasteiger partial charge in [-0.15, -0.1) is 0 Å². The summed E-state index contributed by atoms with van der Waals surface area (Å²) in [5.74, 6) is -1.12. The highest BCUT2D eigenvalue weighted by Crippen LogP contribution is 2.46. The first-order valence-electron chi connectivity index (χ1n) is 8.14. The average Bonchev–Trinajstić information content (AvgIpc) is 2.44. The molecule has 2 aliphatic carbocycles. The highest BCUT2D eigenvalue weighted by atomic mass is 19.4. The Morgan fingerprint density at radius 1 is 1.00 bits per heavy atom. The molecule has 0 aromatic rings. The fourth-order valence-corrected chi connectivity index (χ4v) is 4.23. The van der Waals surface area contributed by atoms with E-state index in [0.29, 0.717) is 19.4 Å². The Morgan fingerprint density at radius 2 is 1.67 bits per heavy atom. The number of halogens is 3. The van der Waals surface area contributed by atoms with Gasteiger partial charge in [-0.05, 0) is 57.8 Å². The van der Waals surface area contributed by atoms with E-state index in [9.17, 15) is 18.0 Å². The minimum absolute atomic E-state index is 0.0199. The molecular weight excluding hydrogens is 281 g/mol. The number of ether oxygens (including phenoxy) is 1. The summed E-state index contributed by atoms with van der Waals surface area (Å²) < 4.78 is 43.9. The number of carbonyl (C=O) groups is 1. The zero-order valence-electron chi connectivity index (χ0n) is 12.3. The average molecular weight is 304 g/mol. The van der Waals surface area contributed by atoms with E-state index in [-0.39, 0.29) is 36.1 Å². The SMILES string of the molecule is O=C(C1CCC(C(F)(F)F)CC1)C1CCOC2(CCC2)C1. The van der Waals surface area contributed by atoms with Gasteiger partial charge in [-0.25, -0.2) is 0 Å². The van der Waals surface area contributed by atoms with Crippen LogP contribution in [0.4, 0.5) is 13.2 Å². The van der Waals surface area contributed by atoms with Gasteiger partial charge in [0.2, 0.25) is 0 Å². The second-order valence-corrected chi connectivity index (χ2v) is 7.07. The largest absolute Gasteiger partial charge is 0.391 e. The Labute approximate surface area is 123 Å². The second-order valence-electron chi connectivity index (χ2n) is 7.07. The third-order valence-corrected chi connectivity index (χ3v) is 5.75. The quantitative estimate of drug-likeness (QED) is 0.761. The summed E-state index contributed by atoms with van der Waals surface area (Å²) in [6, 6.07) is 0. The van der Waals surface area contributed by atoms with Gasteiger partial charge in [-0.3, -0.25) is 4.79 Å². The minimum atomic E-state index is -4.09. The third kappa shape index (κ3) is 3.13. The molecule has 0 radical (unpaired) electrons. The van der Waals surface area contributed by atoms with Crippen LogP contribution in [0.1, 0.15) is 57.8 Å². The maximum absolute atomic E-state index is 12.7. The highest BCUT2D eigenvalue weighted by Gasteiger charge is 2.47. The molecule has 120 valence electrons. The number of rotatable bonds is 2.